The van der Waals surface area contributed by atoms with Gasteiger partial charge in [-0.2, -0.15) is 0 Å². The number of hydrogen-bond donors (Lipinski definition) is 4. The highest BCUT2D eigenvalue weighted by Crippen LogP contribution is 2.39. The van der Waals surface area contributed by atoms with Crippen LogP contribution < -0.4 is 21.3 Å². The van der Waals surface area contributed by atoms with E-state index in [0.717, 1.165) is 85.7 Å². The zero-order chi connectivity index (χ0) is 47.6. The summed E-state index contributed by atoms with van der Waals surface area (Å²) in [6.07, 6.45) is 3.77. The van der Waals surface area contributed by atoms with E-state index in [2.05, 4.69) is 54.7 Å². The number of aliphatic hydroxyl groups excluding tert-OH is 1. The zero-order valence-corrected chi connectivity index (χ0v) is 39.0. The first kappa shape index (κ1) is 46.0. The number of halogens is 1. The van der Waals surface area contributed by atoms with Gasteiger partial charge in [-0.3, -0.25) is 34.1 Å². The first-order valence-corrected chi connectivity index (χ1v) is 24.1. The number of aliphatic hydroxyl groups is 1. The Morgan fingerprint density at radius 2 is 1.67 bits per heavy atom. The lowest BCUT2D eigenvalue weighted by Gasteiger charge is -2.36. The third-order valence-electron chi connectivity index (χ3n) is 14.2. The molecule has 3 saturated heterocycles. The molecule has 17 heteroatoms. The number of piperazine rings is 2. The van der Waals surface area contributed by atoms with Gasteiger partial charge in [0, 0.05) is 114 Å². The molecule has 0 saturated carbocycles. The number of carbonyl (C=O) groups is 3. The van der Waals surface area contributed by atoms with Crippen LogP contribution in [0.25, 0.3) is 28.1 Å². The molecule has 2 unspecified atom stereocenters. The Labute approximate surface area is 400 Å². The van der Waals surface area contributed by atoms with Gasteiger partial charge in [0.2, 0.25) is 17.7 Å². The number of nitrogens with two attached hydrogens (primary N) is 1. The molecule has 0 aliphatic carbocycles. The maximum Gasteiger partial charge on any atom is 0.244 e. The zero-order valence-electron chi connectivity index (χ0n) is 39.0. The molecule has 3 amide bonds. The summed E-state index contributed by atoms with van der Waals surface area (Å²) in [6, 6.07) is 26.7. The first-order valence-electron chi connectivity index (χ1n) is 24.1. The second-order valence-electron chi connectivity index (χ2n) is 18.6. The Morgan fingerprint density at radius 3 is 2.43 bits per heavy atom. The van der Waals surface area contributed by atoms with E-state index in [1.54, 1.807) is 17.2 Å². The van der Waals surface area contributed by atoms with E-state index in [-0.39, 0.29) is 30.0 Å². The van der Waals surface area contributed by atoms with Gasteiger partial charge in [0.15, 0.2) is 5.65 Å². The number of imidazole rings is 1. The number of hydrogen-bond acceptors (Lipinski definition) is 13. The number of imide groups is 1. The number of benzene rings is 3. The number of nitrogens with zero attached hydrogens (tertiary/aromatic N) is 9. The maximum atomic E-state index is 15.8. The van der Waals surface area contributed by atoms with Crippen molar-refractivity contribution in [2.24, 2.45) is 0 Å². The van der Waals surface area contributed by atoms with Gasteiger partial charge in [-0.15, -0.1) is 0 Å². The number of anilines is 3. The van der Waals surface area contributed by atoms with Gasteiger partial charge in [-0.1, -0.05) is 36.4 Å². The number of pyridine rings is 2. The van der Waals surface area contributed by atoms with Gasteiger partial charge in [-0.25, -0.2) is 19.3 Å². The van der Waals surface area contributed by atoms with E-state index >= 15 is 4.39 Å². The van der Waals surface area contributed by atoms with Crippen LogP contribution >= 0.6 is 0 Å². The average Bonchev–Trinajstić information content (AvgIpc) is 3.88. The molecule has 6 aromatic rings. The largest absolute Gasteiger partial charge is 0.384 e. The number of amides is 3. The van der Waals surface area contributed by atoms with Crippen molar-refractivity contribution in [3.05, 3.63) is 125 Å². The van der Waals surface area contributed by atoms with Crippen LogP contribution in [0, 0.1) is 12.7 Å². The third-order valence-corrected chi connectivity index (χ3v) is 14.2. The molecule has 3 aromatic carbocycles. The molecule has 7 heterocycles. The Balaban J connectivity index is 0.628. The van der Waals surface area contributed by atoms with Crippen LogP contribution in [0.5, 0.6) is 0 Å². The fraction of sp³-hybridized carbons (Fsp3) is 0.385. The molecule has 69 heavy (non-hydrogen) atoms. The Morgan fingerprint density at radius 1 is 0.884 bits per heavy atom. The molecule has 0 spiro atoms. The number of piperidine rings is 1. The molecule has 4 aliphatic rings. The van der Waals surface area contributed by atoms with Crippen LogP contribution in [0.2, 0.25) is 0 Å². The number of aryl methyl sites for hydroxylation is 1. The standard InChI is InChI=1S/C52H59FN12O4/c1-34-57-44-14-13-42(37-18-19-55-47(54)29-37)58-50(44)65(34)38-12-15-45(41(53)30-38)62-25-27-63(28-26-62)49(67)7-2-3-20-60-21-23-61(24-22-60)32-36-10-8-35(9-11-36)31-56-43-6-4-5-39-40(43)33-64(52(39)69)46-16-17-48(66)59-51(46)68/h4-6,8-15,18-19,29-30,46,52,56,69H,2-3,7,16-17,20-28,31-33H2,1H3,(H2,54,55)(H,59,66,68). The van der Waals surface area contributed by atoms with Gasteiger partial charge < -0.3 is 30.9 Å². The highest BCUT2D eigenvalue weighted by Gasteiger charge is 2.40. The number of rotatable bonds is 14. The Bertz CT molecular complexity index is 2860. The van der Waals surface area contributed by atoms with E-state index in [0.29, 0.717) is 86.3 Å². The van der Waals surface area contributed by atoms with E-state index in [1.165, 1.54) is 11.6 Å². The topological polar surface area (TPSA) is 181 Å². The number of fused-ring (bicyclic) bond motifs is 2. The van der Waals surface area contributed by atoms with E-state index in [1.807, 2.05) is 69.8 Å². The van der Waals surface area contributed by atoms with Gasteiger partial charge >= 0.3 is 0 Å². The Kier molecular flexibility index (Phi) is 13.4. The van der Waals surface area contributed by atoms with Crippen molar-refractivity contribution in [2.45, 2.75) is 70.9 Å². The Hall–Kier alpha value is -6.79. The average molecular weight is 935 g/mol. The molecule has 0 bridgehead atoms. The smallest absolute Gasteiger partial charge is 0.244 e. The molecular weight excluding hydrogens is 876 g/mol. The molecule has 3 aromatic heterocycles. The molecule has 10 rings (SSSR count). The van der Waals surface area contributed by atoms with Crippen LogP contribution in [-0.4, -0.2) is 127 Å². The van der Waals surface area contributed by atoms with Crippen molar-refractivity contribution in [2.75, 3.05) is 74.9 Å². The predicted molar refractivity (Wildman–Crippen MR) is 262 cm³/mol. The summed E-state index contributed by atoms with van der Waals surface area (Å²) in [7, 11) is 0. The van der Waals surface area contributed by atoms with Gasteiger partial charge in [0.25, 0.3) is 0 Å². The molecule has 2 atom stereocenters. The van der Waals surface area contributed by atoms with Crippen molar-refractivity contribution in [1.29, 1.82) is 0 Å². The van der Waals surface area contributed by atoms with Crippen LogP contribution in [0.15, 0.2) is 91.1 Å². The summed E-state index contributed by atoms with van der Waals surface area (Å²) >= 11 is 0. The summed E-state index contributed by atoms with van der Waals surface area (Å²) in [4.78, 5) is 61.8. The normalized spacial score (nSPS) is 19.3. The summed E-state index contributed by atoms with van der Waals surface area (Å²) in [5.74, 6) is 0.337. The van der Waals surface area contributed by atoms with Crippen LogP contribution in [0.1, 0.15) is 66.4 Å². The molecule has 16 nitrogen and oxygen atoms in total. The fourth-order valence-corrected chi connectivity index (χ4v) is 10.3. The lowest BCUT2D eigenvalue weighted by Crippen LogP contribution is -2.51. The fourth-order valence-electron chi connectivity index (χ4n) is 10.3. The summed E-state index contributed by atoms with van der Waals surface area (Å²) in [5.41, 5.74) is 15.1. The number of nitrogen functional groups attached to an aromatic ring is 1. The second-order valence-corrected chi connectivity index (χ2v) is 18.6. The molecule has 4 aliphatic heterocycles. The number of aromatic nitrogens is 4. The quantitative estimate of drug-likeness (QED) is 0.0810. The summed E-state index contributed by atoms with van der Waals surface area (Å²) < 4.78 is 17.7. The maximum absolute atomic E-state index is 15.8. The highest BCUT2D eigenvalue weighted by molar-refractivity contribution is 6.00. The lowest BCUT2D eigenvalue weighted by atomic mass is 10.0. The molecule has 0 radical (unpaired) electrons. The van der Waals surface area contributed by atoms with Crippen LogP contribution in [0.3, 0.4) is 0 Å². The van der Waals surface area contributed by atoms with Crippen LogP contribution in [-0.2, 0) is 34.0 Å². The summed E-state index contributed by atoms with van der Waals surface area (Å²) in [5, 5.41) is 17.0. The van der Waals surface area contributed by atoms with E-state index in [4.69, 9.17) is 10.7 Å². The van der Waals surface area contributed by atoms with Gasteiger partial charge in [0.1, 0.15) is 29.2 Å². The molecule has 3 fully saturated rings. The molecule has 5 N–H and O–H groups in total. The number of nitrogens with one attached hydrogen (secondary N) is 2. The third kappa shape index (κ3) is 10.0. The minimum absolute atomic E-state index is 0.169. The van der Waals surface area contributed by atoms with E-state index < -0.39 is 12.3 Å². The number of carbonyl (C=O) groups excluding carboxylic acids is 3. The van der Waals surface area contributed by atoms with Crippen molar-refractivity contribution in [3.63, 3.8) is 0 Å². The minimum atomic E-state index is -0.896. The predicted octanol–water partition coefficient (Wildman–Crippen LogP) is 5.37. The van der Waals surface area contributed by atoms with Crippen molar-refractivity contribution < 1.29 is 23.9 Å². The SMILES string of the molecule is Cc1nc2ccc(-c3ccnc(N)c3)nc2n1-c1ccc(N2CCN(C(=O)CCCCN3CCN(Cc4ccc(CNc5cccc6c5CN(C5CCC(=O)NC5=O)C6O)cc4)CC3)CC2)c(F)c1. The highest BCUT2D eigenvalue weighted by atomic mass is 19.1. The molecule has 358 valence electrons. The number of unbranched alkanes of at least 4 members (excludes halogenated alkanes) is 1. The first-order chi connectivity index (χ1) is 33.5. The monoisotopic (exact) mass is 934 g/mol. The molecular formula is C52H59FN12O4. The van der Waals surface area contributed by atoms with Gasteiger partial charge in [0.05, 0.1) is 23.1 Å². The van der Waals surface area contributed by atoms with E-state index in [9.17, 15) is 19.5 Å². The lowest BCUT2D eigenvalue weighted by molar-refractivity contribution is -0.141. The summed E-state index contributed by atoms with van der Waals surface area (Å²) in [6.45, 7) is 11.1. The van der Waals surface area contributed by atoms with Gasteiger partial charge in [-0.05, 0) is 91.9 Å². The van der Waals surface area contributed by atoms with Crippen molar-refractivity contribution in [1.82, 2.24) is 44.4 Å². The minimum Gasteiger partial charge on any atom is -0.384 e. The van der Waals surface area contributed by atoms with Crippen molar-refractivity contribution in [3.8, 4) is 16.9 Å². The van der Waals surface area contributed by atoms with Crippen LogP contribution in [0.4, 0.5) is 21.6 Å². The van der Waals surface area contributed by atoms with Crippen molar-refractivity contribution >= 4 is 46.1 Å². The second kappa shape index (κ2) is 20.0.